The summed E-state index contributed by atoms with van der Waals surface area (Å²) < 4.78 is 34.6. The molecule has 5 rings (SSSR count). The molecule has 4 N–H and O–H groups in total. The molecule has 1 saturated carbocycles. The van der Waals surface area contributed by atoms with Crippen LogP contribution in [0.1, 0.15) is 19.4 Å². The molecule has 33 heavy (non-hydrogen) atoms. The molecule has 0 saturated heterocycles. The van der Waals surface area contributed by atoms with Crippen LogP contribution >= 0.6 is 11.8 Å². The smallest absolute Gasteiger partial charge is 0.164 e. The average Bonchev–Trinajstić information content (AvgIpc) is 3.40. The van der Waals surface area contributed by atoms with Gasteiger partial charge in [0.1, 0.15) is 11.3 Å². The van der Waals surface area contributed by atoms with E-state index in [9.17, 15) is 9.50 Å². The summed E-state index contributed by atoms with van der Waals surface area (Å²) in [5, 5.41) is 14.1. The Bertz CT molecular complexity index is 1310. The summed E-state index contributed by atoms with van der Waals surface area (Å²) >= 11 is 1.31. The quantitative estimate of drug-likeness (QED) is 0.518. The van der Waals surface area contributed by atoms with Gasteiger partial charge in [-0.3, -0.25) is 4.99 Å². The number of methoxy groups -OCH3 is 1. The lowest BCUT2D eigenvalue weighted by Gasteiger charge is -2.33. The zero-order valence-corrected chi connectivity index (χ0v) is 19.1. The molecule has 7 nitrogen and oxygen atoms in total. The largest absolute Gasteiger partial charge is 0.495 e. The fourth-order valence-electron chi connectivity index (χ4n) is 5.15. The molecule has 0 unspecified atom stereocenters. The first-order valence-corrected chi connectivity index (χ1v) is 11.3. The van der Waals surface area contributed by atoms with Gasteiger partial charge in [0, 0.05) is 34.8 Å². The number of thioether (sulfide) groups is 1. The number of ether oxygens (including phenoxy) is 1. The molecule has 2 aromatic heterocycles. The Hall–Kier alpha value is -2.98. The van der Waals surface area contributed by atoms with Crippen molar-refractivity contribution in [2.75, 3.05) is 19.0 Å². The van der Waals surface area contributed by atoms with Crippen molar-refractivity contribution in [2.24, 2.45) is 22.6 Å². The van der Waals surface area contributed by atoms with Crippen LogP contribution in [0, 0.1) is 23.5 Å². The van der Waals surface area contributed by atoms with Crippen LogP contribution in [0.25, 0.3) is 10.9 Å². The highest BCUT2D eigenvalue weighted by atomic mass is 32.2. The molecule has 0 radical (unpaired) electrons. The highest BCUT2D eigenvalue weighted by Crippen LogP contribution is 2.69. The van der Waals surface area contributed by atoms with E-state index in [2.05, 4.69) is 20.3 Å². The zero-order valence-electron chi connectivity index (χ0n) is 18.3. The molecule has 4 atom stereocenters. The zero-order chi connectivity index (χ0) is 23.5. The lowest BCUT2D eigenvalue weighted by Crippen LogP contribution is -2.37. The fourth-order valence-corrected chi connectivity index (χ4v) is 6.65. The SMILES string of the molecule is COc1cnc2c(Nc3cc(F)c(F)c([C@@]4(C)N=C(N)S[C@@]5(CO)[C@@H](C)[C@@H]54)c3)nccc2c1. The number of anilines is 2. The number of nitrogens with two attached hydrogens (primary N) is 1. The topological polar surface area (TPSA) is 106 Å². The van der Waals surface area contributed by atoms with Gasteiger partial charge in [-0.25, -0.2) is 18.7 Å². The molecule has 3 heterocycles. The number of aliphatic hydroxyl groups is 1. The van der Waals surface area contributed by atoms with E-state index in [-0.39, 0.29) is 29.2 Å². The van der Waals surface area contributed by atoms with Crippen molar-refractivity contribution in [3.05, 3.63) is 53.9 Å². The van der Waals surface area contributed by atoms with Gasteiger partial charge in [-0.15, -0.1) is 0 Å². The van der Waals surface area contributed by atoms with Crippen molar-refractivity contribution in [1.82, 2.24) is 9.97 Å². The summed E-state index contributed by atoms with van der Waals surface area (Å²) in [6.45, 7) is 3.59. The Labute approximate surface area is 193 Å². The first-order valence-electron chi connectivity index (χ1n) is 10.4. The number of aromatic nitrogens is 2. The Balaban J connectivity index is 1.59. The second kappa shape index (κ2) is 7.53. The van der Waals surface area contributed by atoms with Crippen LogP contribution in [0.3, 0.4) is 0 Å². The number of amidine groups is 1. The van der Waals surface area contributed by atoms with Crippen molar-refractivity contribution in [3.8, 4) is 5.75 Å². The van der Waals surface area contributed by atoms with Crippen LogP contribution in [0.5, 0.6) is 5.75 Å². The third kappa shape index (κ3) is 3.23. The normalized spacial score (nSPS) is 28.2. The van der Waals surface area contributed by atoms with Crippen molar-refractivity contribution in [3.63, 3.8) is 0 Å². The van der Waals surface area contributed by atoms with Crippen LogP contribution in [0.4, 0.5) is 20.3 Å². The van der Waals surface area contributed by atoms with E-state index in [1.54, 1.807) is 32.5 Å². The molecular formula is C23H23F2N5O2S. The van der Waals surface area contributed by atoms with Gasteiger partial charge in [0.25, 0.3) is 0 Å². The van der Waals surface area contributed by atoms with Gasteiger partial charge < -0.3 is 20.9 Å². The molecule has 1 aliphatic heterocycles. The second-order valence-corrected chi connectivity index (χ2v) is 10.0. The maximum absolute atomic E-state index is 15.1. The van der Waals surface area contributed by atoms with Gasteiger partial charge in [-0.05, 0) is 31.0 Å². The van der Waals surface area contributed by atoms with Gasteiger partial charge in [0.05, 0.1) is 30.2 Å². The molecule has 0 bridgehead atoms. The van der Waals surface area contributed by atoms with Gasteiger partial charge in [0.15, 0.2) is 22.6 Å². The Kier molecular flexibility index (Phi) is 4.98. The Morgan fingerprint density at radius 2 is 2.06 bits per heavy atom. The van der Waals surface area contributed by atoms with E-state index >= 15 is 4.39 Å². The predicted molar refractivity (Wildman–Crippen MR) is 125 cm³/mol. The number of aliphatic imine (C=N–C) groups is 1. The van der Waals surface area contributed by atoms with E-state index in [1.807, 2.05) is 13.0 Å². The van der Waals surface area contributed by atoms with E-state index in [0.717, 1.165) is 11.5 Å². The highest BCUT2D eigenvalue weighted by Gasteiger charge is 2.72. The summed E-state index contributed by atoms with van der Waals surface area (Å²) in [4.78, 5) is 13.3. The summed E-state index contributed by atoms with van der Waals surface area (Å²) in [5.74, 6) is -1.17. The molecule has 172 valence electrons. The average molecular weight is 472 g/mol. The minimum Gasteiger partial charge on any atom is -0.495 e. The number of benzene rings is 1. The fraction of sp³-hybridized carbons (Fsp3) is 0.348. The maximum Gasteiger partial charge on any atom is 0.164 e. The van der Waals surface area contributed by atoms with Gasteiger partial charge >= 0.3 is 0 Å². The third-order valence-corrected chi connectivity index (χ3v) is 8.26. The van der Waals surface area contributed by atoms with E-state index in [4.69, 9.17) is 10.5 Å². The number of aliphatic hydroxyl groups excluding tert-OH is 1. The minimum atomic E-state index is -1.13. The minimum absolute atomic E-state index is 0.0280. The van der Waals surface area contributed by atoms with E-state index < -0.39 is 21.9 Å². The summed E-state index contributed by atoms with van der Waals surface area (Å²) in [5.41, 5.74) is 5.88. The molecular weight excluding hydrogens is 448 g/mol. The van der Waals surface area contributed by atoms with Crippen molar-refractivity contribution in [2.45, 2.75) is 24.1 Å². The van der Waals surface area contributed by atoms with Crippen molar-refractivity contribution < 1.29 is 18.6 Å². The molecule has 0 amide bonds. The molecule has 2 aliphatic rings. The van der Waals surface area contributed by atoms with Crippen molar-refractivity contribution >= 4 is 39.3 Å². The summed E-state index contributed by atoms with van der Waals surface area (Å²) in [7, 11) is 1.55. The number of nitrogens with zero attached hydrogens (tertiary/aromatic N) is 3. The number of nitrogens with one attached hydrogen (secondary N) is 1. The van der Waals surface area contributed by atoms with Gasteiger partial charge in [0.2, 0.25) is 0 Å². The van der Waals surface area contributed by atoms with E-state index in [1.165, 1.54) is 17.8 Å². The van der Waals surface area contributed by atoms with Crippen molar-refractivity contribution in [1.29, 1.82) is 0 Å². The monoisotopic (exact) mass is 471 g/mol. The summed E-state index contributed by atoms with van der Waals surface area (Å²) in [6, 6.07) is 6.20. The number of fused-ring (bicyclic) bond motifs is 2. The van der Waals surface area contributed by atoms with Gasteiger partial charge in [-0.2, -0.15) is 0 Å². The standard InChI is InChI=1S/C23H23F2N5O2S/c1-11-19-22(2,30-21(26)33-23(11,19)10-31)15-7-13(8-16(24)17(15)25)29-20-18-12(4-5-27-20)6-14(32-3)9-28-18/h4-9,11,19,31H,10H2,1-3H3,(H2,26,30)(H,27,29)/t11-,19+,22+,23-/m0/s1. The molecule has 1 fully saturated rings. The number of pyridine rings is 2. The molecule has 3 aromatic rings. The highest BCUT2D eigenvalue weighted by molar-refractivity contribution is 8.15. The number of rotatable bonds is 5. The molecule has 1 aromatic carbocycles. The van der Waals surface area contributed by atoms with E-state index in [0.29, 0.717) is 22.8 Å². The molecule has 1 aliphatic carbocycles. The molecule has 10 heteroatoms. The predicted octanol–water partition coefficient (Wildman–Crippen LogP) is 3.93. The van der Waals surface area contributed by atoms with Crippen LogP contribution < -0.4 is 15.8 Å². The number of halogens is 2. The number of hydrogen-bond acceptors (Lipinski definition) is 8. The van der Waals surface area contributed by atoms with Gasteiger partial charge in [-0.1, -0.05) is 18.7 Å². The lowest BCUT2D eigenvalue weighted by atomic mass is 9.84. The molecule has 0 spiro atoms. The maximum atomic E-state index is 15.1. The summed E-state index contributed by atoms with van der Waals surface area (Å²) in [6.07, 6.45) is 3.16. The second-order valence-electron chi connectivity index (χ2n) is 8.63. The Morgan fingerprint density at radius 3 is 2.79 bits per heavy atom. The first kappa shape index (κ1) is 21.8. The lowest BCUT2D eigenvalue weighted by molar-refractivity contribution is 0.264. The van der Waals surface area contributed by atoms with Crippen LogP contribution in [-0.2, 0) is 5.54 Å². The third-order valence-electron chi connectivity index (χ3n) is 6.82. The number of hydrogen-bond donors (Lipinski definition) is 3. The van der Waals surface area contributed by atoms with Crippen LogP contribution in [-0.4, -0.2) is 38.7 Å². The first-order chi connectivity index (χ1) is 15.7. The Morgan fingerprint density at radius 1 is 1.27 bits per heavy atom. The van der Waals surface area contributed by atoms with Crippen LogP contribution in [0.2, 0.25) is 0 Å². The van der Waals surface area contributed by atoms with Crippen LogP contribution in [0.15, 0.2) is 41.7 Å².